The van der Waals surface area contributed by atoms with Crippen LogP contribution in [0.4, 0.5) is 0 Å². The van der Waals surface area contributed by atoms with Crippen molar-refractivity contribution in [2.24, 2.45) is 0 Å². The van der Waals surface area contributed by atoms with Crippen LogP contribution in [0.5, 0.6) is 0 Å². The van der Waals surface area contributed by atoms with Crippen LogP contribution < -0.4 is 0 Å². The summed E-state index contributed by atoms with van der Waals surface area (Å²) >= 11 is 5.89. The number of rotatable bonds is 4. The molecule has 1 aliphatic heterocycles. The summed E-state index contributed by atoms with van der Waals surface area (Å²) in [6.45, 7) is 4.67. The maximum absolute atomic E-state index is 12.6. The van der Waals surface area contributed by atoms with Crippen LogP contribution in [-0.4, -0.2) is 41.0 Å². The summed E-state index contributed by atoms with van der Waals surface area (Å²) in [6, 6.07) is 6.95. The second-order valence-electron chi connectivity index (χ2n) is 6.72. The lowest BCUT2D eigenvalue weighted by Gasteiger charge is -2.23. The van der Waals surface area contributed by atoms with Gasteiger partial charge in [0.2, 0.25) is 5.89 Å². The molecule has 0 N–H and O–H groups in total. The Morgan fingerprint density at radius 2 is 1.78 bits per heavy atom. The first-order valence-electron chi connectivity index (χ1n) is 9.19. The molecule has 0 saturated carbocycles. The molecule has 0 unspecified atom stereocenters. The van der Waals surface area contributed by atoms with Gasteiger partial charge in [0.1, 0.15) is 5.76 Å². The second kappa shape index (κ2) is 8.57. The zero-order valence-electron chi connectivity index (χ0n) is 15.5. The maximum Gasteiger partial charge on any atom is 0.361 e. The number of hydrogen-bond acceptors (Lipinski definition) is 5. The van der Waals surface area contributed by atoms with E-state index in [1.54, 1.807) is 43.0 Å². The molecule has 2 aromatic rings. The van der Waals surface area contributed by atoms with Crippen LogP contribution in [0.15, 0.2) is 28.7 Å². The molecule has 27 heavy (non-hydrogen) atoms. The maximum atomic E-state index is 12.6. The Hall–Kier alpha value is -2.34. The molecule has 2 heterocycles. The number of carbonyl (C=O) groups excluding carboxylic acids is 2. The largest absolute Gasteiger partial charge is 0.448 e. The zero-order valence-corrected chi connectivity index (χ0v) is 16.3. The molecule has 6 nitrogen and oxygen atoms in total. The fraction of sp³-hybridized carbons (Fsp3) is 0.450. The van der Waals surface area contributed by atoms with Gasteiger partial charge in [0.05, 0.1) is 0 Å². The van der Waals surface area contributed by atoms with Crippen LogP contribution in [0.3, 0.4) is 0 Å². The number of aryl methyl sites for hydroxylation is 1. The highest BCUT2D eigenvalue weighted by Crippen LogP contribution is 2.24. The van der Waals surface area contributed by atoms with E-state index in [9.17, 15) is 9.59 Å². The first-order chi connectivity index (χ1) is 13.0. The summed E-state index contributed by atoms with van der Waals surface area (Å²) in [6.07, 6.45) is 3.37. The molecule has 1 aliphatic rings. The van der Waals surface area contributed by atoms with Crippen molar-refractivity contribution in [3.63, 3.8) is 0 Å². The number of nitrogens with zero attached hydrogens (tertiary/aromatic N) is 2. The van der Waals surface area contributed by atoms with Crippen molar-refractivity contribution in [3.8, 4) is 11.5 Å². The first-order valence-corrected chi connectivity index (χ1v) is 9.56. The number of halogens is 1. The molecule has 1 amide bonds. The normalized spacial score (nSPS) is 15.9. The minimum atomic E-state index is -0.856. The Balaban J connectivity index is 1.68. The Morgan fingerprint density at radius 1 is 1.15 bits per heavy atom. The predicted octanol–water partition coefficient (Wildman–Crippen LogP) is 4.25. The van der Waals surface area contributed by atoms with Crippen LogP contribution >= 0.6 is 11.6 Å². The molecular formula is C20H23ClN2O4. The summed E-state index contributed by atoms with van der Waals surface area (Å²) in [5, 5.41) is 0.600. The quantitative estimate of drug-likeness (QED) is 0.729. The molecule has 1 fully saturated rings. The molecule has 0 spiro atoms. The van der Waals surface area contributed by atoms with Crippen LogP contribution in [0.1, 0.15) is 48.9 Å². The number of esters is 1. The molecule has 1 saturated heterocycles. The van der Waals surface area contributed by atoms with E-state index in [0.717, 1.165) is 25.7 Å². The van der Waals surface area contributed by atoms with Gasteiger partial charge in [-0.05, 0) is 51.0 Å². The lowest BCUT2D eigenvalue weighted by Crippen LogP contribution is -2.40. The monoisotopic (exact) mass is 390 g/mol. The summed E-state index contributed by atoms with van der Waals surface area (Å²) in [4.78, 5) is 31.1. The summed E-state index contributed by atoms with van der Waals surface area (Å²) < 4.78 is 11.0. The highest BCUT2D eigenvalue weighted by Gasteiger charge is 2.27. The van der Waals surface area contributed by atoms with Gasteiger partial charge < -0.3 is 14.1 Å². The third-order valence-corrected chi connectivity index (χ3v) is 4.88. The predicted molar refractivity (Wildman–Crippen MR) is 102 cm³/mol. The fourth-order valence-corrected chi connectivity index (χ4v) is 3.24. The van der Waals surface area contributed by atoms with Gasteiger partial charge in [-0.1, -0.05) is 24.4 Å². The molecule has 0 bridgehead atoms. The fourth-order valence-electron chi connectivity index (χ4n) is 3.12. The lowest BCUT2D eigenvalue weighted by atomic mass is 10.2. The van der Waals surface area contributed by atoms with Crippen molar-refractivity contribution >= 4 is 23.5 Å². The number of benzene rings is 1. The SMILES string of the molecule is Cc1oc(-c2ccc(Cl)cc2)nc1C(=O)O[C@@H](C)C(=O)N1CCCCCC1. The molecule has 3 rings (SSSR count). The van der Waals surface area contributed by atoms with E-state index in [0.29, 0.717) is 35.3 Å². The Morgan fingerprint density at radius 3 is 2.41 bits per heavy atom. The molecule has 1 aromatic carbocycles. The molecule has 0 aliphatic carbocycles. The van der Waals surface area contributed by atoms with Crippen LogP contribution in [0.25, 0.3) is 11.5 Å². The molecule has 7 heteroatoms. The molecule has 1 aromatic heterocycles. The van der Waals surface area contributed by atoms with Gasteiger partial charge in [-0.25, -0.2) is 9.78 Å². The van der Waals surface area contributed by atoms with E-state index < -0.39 is 12.1 Å². The van der Waals surface area contributed by atoms with E-state index in [2.05, 4.69) is 4.98 Å². The van der Waals surface area contributed by atoms with E-state index in [1.165, 1.54) is 0 Å². The van der Waals surface area contributed by atoms with Crippen molar-refractivity contribution in [1.82, 2.24) is 9.88 Å². The van der Waals surface area contributed by atoms with Crippen molar-refractivity contribution in [1.29, 1.82) is 0 Å². The van der Waals surface area contributed by atoms with Crippen molar-refractivity contribution in [2.45, 2.75) is 45.6 Å². The number of hydrogen-bond donors (Lipinski definition) is 0. The number of amides is 1. The summed E-state index contributed by atoms with van der Waals surface area (Å²) in [5.74, 6) is -0.168. The van der Waals surface area contributed by atoms with Gasteiger partial charge in [0, 0.05) is 23.7 Å². The molecule has 1 atom stereocenters. The lowest BCUT2D eigenvalue weighted by molar-refractivity contribution is -0.139. The van der Waals surface area contributed by atoms with Crippen molar-refractivity contribution in [3.05, 3.63) is 40.7 Å². The van der Waals surface area contributed by atoms with Gasteiger partial charge in [-0.15, -0.1) is 0 Å². The van der Waals surface area contributed by atoms with Crippen LogP contribution in [-0.2, 0) is 9.53 Å². The number of carbonyl (C=O) groups is 2. The molecule has 0 radical (unpaired) electrons. The third-order valence-electron chi connectivity index (χ3n) is 4.63. The Labute approximate surface area is 163 Å². The van der Waals surface area contributed by atoms with Crippen molar-refractivity contribution < 1.29 is 18.7 Å². The highest BCUT2D eigenvalue weighted by molar-refractivity contribution is 6.30. The number of likely N-dealkylation sites (tertiary alicyclic amines) is 1. The zero-order chi connectivity index (χ0) is 19.4. The second-order valence-corrected chi connectivity index (χ2v) is 7.15. The van der Waals surface area contributed by atoms with E-state index >= 15 is 0 Å². The molecule has 144 valence electrons. The molecular weight excluding hydrogens is 368 g/mol. The van der Waals surface area contributed by atoms with Gasteiger partial charge >= 0.3 is 5.97 Å². The number of aromatic nitrogens is 1. The topological polar surface area (TPSA) is 72.6 Å². The van der Waals surface area contributed by atoms with Crippen LogP contribution in [0.2, 0.25) is 5.02 Å². The smallest absolute Gasteiger partial charge is 0.361 e. The van der Waals surface area contributed by atoms with Gasteiger partial charge in [-0.3, -0.25) is 4.79 Å². The summed E-state index contributed by atoms with van der Waals surface area (Å²) in [7, 11) is 0. The van der Waals surface area contributed by atoms with Gasteiger partial charge in [0.15, 0.2) is 11.8 Å². The third kappa shape index (κ3) is 4.69. The van der Waals surface area contributed by atoms with E-state index in [4.69, 9.17) is 20.8 Å². The minimum absolute atomic E-state index is 0.0791. The number of oxazole rings is 1. The minimum Gasteiger partial charge on any atom is -0.448 e. The standard InChI is InChI=1S/C20H23ClN2O4/c1-13-17(22-18(26-13)15-7-9-16(21)10-8-15)20(25)27-14(2)19(24)23-11-5-3-4-6-12-23/h7-10,14H,3-6,11-12H2,1-2H3/t14-/m0/s1. The summed E-state index contributed by atoms with van der Waals surface area (Å²) in [5.41, 5.74) is 0.783. The van der Waals surface area contributed by atoms with E-state index in [1.807, 2.05) is 0 Å². The highest BCUT2D eigenvalue weighted by atomic mass is 35.5. The average molecular weight is 391 g/mol. The van der Waals surface area contributed by atoms with Gasteiger partial charge in [0.25, 0.3) is 5.91 Å². The van der Waals surface area contributed by atoms with Crippen LogP contribution in [0, 0.1) is 6.92 Å². The Kier molecular flexibility index (Phi) is 6.16. The first kappa shape index (κ1) is 19.4. The van der Waals surface area contributed by atoms with E-state index in [-0.39, 0.29) is 11.6 Å². The Bertz CT molecular complexity index is 808. The number of ether oxygens (including phenoxy) is 1. The van der Waals surface area contributed by atoms with Crippen molar-refractivity contribution in [2.75, 3.05) is 13.1 Å². The van der Waals surface area contributed by atoms with Gasteiger partial charge in [-0.2, -0.15) is 0 Å². The average Bonchev–Trinajstić information content (AvgIpc) is 2.86.